The summed E-state index contributed by atoms with van der Waals surface area (Å²) < 4.78 is 0. The van der Waals surface area contributed by atoms with Crippen LogP contribution in [0.2, 0.25) is 0 Å². The minimum atomic E-state index is 0.144. The standard InChI is InChI=1S/C16H17N3S/c17-19-16(8-7-12-4-3-11-20-12)14-9-10-18-15-6-2-1-5-13(14)15/h1-6,9-11,16,19H,7-8,17H2. The van der Waals surface area contributed by atoms with Gasteiger partial charge in [0.15, 0.2) is 0 Å². The number of benzene rings is 1. The van der Waals surface area contributed by atoms with Gasteiger partial charge in [0.05, 0.1) is 5.52 Å². The number of hydrogen-bond donors (Lipinski definition) is 2. The average molecular weight is 283 g/mol. The zero-order valence-electron chi connectivity index (χ0n) is 11.1. The van der Waals surface area contributed by atoms with Crippen molar-refractivity contribution in [2.75, 3.05) is 0 Å². The SMILES string of the molecule is NNC(CCc1cccs1)c1ccnc2ccccc12. The number of hydrogen-bond acceptors (Lipinski definition) is 4. The first-order valence-corrected chi connectivity index (χ1v) is 7.58. The van der Waals surface area contributed by atoms with Gasteiger partial charge in [0.25, 0.3) is 0 Å². The Hall–Kier alpha value is -1.75. The quantitative estimate of drug-likeness (QED) is 0.557. The van der Waals surface area contributed by atoms with Crippen molar-refractivity contribution in [2.24, 2.45) is 5.84 Å². The Kier molecular flexibility index (Phi) is 4.06. The van der Waals surface area contributed by atoms with Gasteiger partial charge in [-0.2, -0.15) is 0 Å². The molecule has 0 spiro atoms. The van der Waals surface area contributed by atoms with Crippen molar-refractivity contribution in [3.05, 3.63) is 64.5 Å². The van der Waals surface area contributed by atoms with E-state index in [1.54, 1.807) is 11.3 Å². The fraction of sp³-hybridized carbons (Fsp3) is 0.188. The predicted molar refractivity (Wildman–Crippen MR) is 84.4 cm³/mol. The summed E-state index contributed by atoms with van der Waals surface area (Å²) in [4.78, 5) is 5.79. The number of nitrogens with two attached hydrogens (primary N) is 1. The van der Waals surface area contributed by atoms with Crippen molar-refractivity contribution in [1.82, 2.24) is 10.4 Å². The minimum Gasteiger partial charge on any atom is -0.271 e. The molecular weight excluding hydrogens is 266 g/mol. The Balaban J connectivity index is 1.87. The number of rotatable bonds is 5. The molecule has 3 aromatic rings. The van der Waals surface area contributed by atoms with Gasteiger partial charge in [0.2, 0.25) is 0 Å². The van der Waals surface area contributed by atoms with Crippen LogP contribution in [-0.2, 0) is 6.42 Å². The van der Waals surface area contributed by atoms with Crippen molar-refractivity contribution in [3.8, 4) is 0 Å². The topological polar surface area (TPSA) is 50.9 Å². The molecule has 1 unspecified atom stereocenters. The molecule has 0 radical (unpaired) electrons. The van der Waals surface area contributed by atoms with Crippen molar-refractivity contribution in [3.63, 3.8) is 0 Å². The highest BCUT2D eigenvalue weighted by atomic mass is 32.1. The first kappa shape index (κ1) is 13.2. The normalized spacial score (nSPS) is 12.7. The molecule has 0 saturated carbocycles. The smallest absolute Gasteiger partial charge is 0.0705 e. The summed E-state index contributed by atoms with van der Waals surface area (Å²) >= 11 is 1.79. The molecule has 2 aromatic heterocycles. The first-order chi connectivity index (χ1) is 9.88. The highest BCUT2D eigenvalue weighted by molar-refractivity contribution is 7.09. The molecule has 3 nitrogen and oxygen atoms in total. The van der Waals surface area contributed by atoms with Gasteiger partial charge < -0.3 is 0 Å². The van der Waals surface area contributed by atoms with Gasteiger partial charge in [-0.1, -0.05) is 24.3 Å². The molecular formula is C16H17N3S. The molecule has 20 heavy (non-hydrogen) atoms. The van der Waals surface area contributed by atoms with Crippen LogP contribution in [0.3, 0.4) is 0 Å². The number of nitrogens with one attached hydrogen (secondary N) is 1. The van der Waals surface area contributed by atoms with Crippen molar-refractivity contribution in [2.45, 2.75) is 18.9 Å². The third kappa shape index (κ3) is 2.72. The predicted octanol–water partition coefficient (Wildman–Crippen LogP) is 3.43. The number of aromatic nitrogens is 1. The third-order valence-electron chi connectivity index (χ3n) is 3.52. The summed E-state index contributed by atoms with van der Waals surface area (Å²) in [5.74, 6) is 5.77. The van der Waals surface area contributed by atoms with Crippen LogP contribution < -0.4 is 11.3 Å². The lowest BCUT2D eigenvalue weighted by molar-refractivity contribution is 0.521. The molecule has 0 bridgehead atoms. The van der Waals surface area contributed by atoms with E-state index >= 15 is 0 Å². The van der Waals surface area contributed by atoms with Crippen LogP contribution >= 0.6 is 11.3 Å². The lowest BCUT2D eigenvalue weighted by Crippen LogP contribution is -2.28. The summed E-state index contributed by atoms with van der Waals surface area (Å²) in [5, 5.41) is 3.28. The van der Waals surface area contributed by atoms with Gasteiger partial charge in [-0.05, 0) is 42.0 Å². The lowest BCUT2D eigenvalue weighted by atomic mass is 9.98. The number of thiophene rings is 1. The molecule has 3 N–H and O–H groups in total. The van der Waals surface area contributed by atoms with E-state index < -0.39 is 0 Å². The van der Waals surface area contributed by atoms with E-state index in [0.29, 0.717) is 0 Å². The molecule has 1 aromatic carbocycles. The molecule has 102 valence electrons. The zero-order valence-corrected chi connectivity index (χ0v) is 11.9. The first-order valence-electron chi connectivity index (χ1n) is 6.70. The molecule has 0 saturated heterocycles. The summed E-state index contributed by atoms with van der Waals surface area (Å²) in [6.45, 7) is 0. The van der Waals surface area contributed by atoms with Crippen LogP contribution in [0.1, 0.15) is 22.9 Å². The maximum Gasteiger partial charge on any atom is 0.0705 e. The Morgan fingerprint density at radius 2 is 2.05 bits per heavy atom. The second-order valence-corrected chi connectivity index (χ2v) is 5.79. The van der Waals surface area contributed by atoms with Crippen molar-refractivity contribution in [1.29, 1.82) is 0 Å². The van der Waals surface area contributed by atoms with E-state index in [1.165, 1.54) is 15.8 Å². The molecule has 4 heteroatoms. The number of nitrogens with zero attached hydrogens (tertiary/aromatic N) is 1. The molecule has 0 amide bonds. The average Bonchev–Trinajstić information content (AvgIpc) is 3.01. The number of aryl methyl sites for hydroxylation is 1. The van der Waals surface area contributed by atoms with Crippen molar-refractivity contribution < 1.29 is 0 Å². The maximum absolute atomic E-state index is 5.77. The summed E-state index contributed by atoms with van der Waals surface area (Å²) in [6, 6.07) is 14.6. The Morgan fingerprint density at radius 3 is 2.85 bits per heavy atom. The minimum absolute atomic E-state index is 0.144. The van der Waals surface area contributed by atoms with Crippen LogP contribution in [0.4, 0.5) is 0 Å². The van der Waals surface area contributed by atoms with Gasteiger partial charge in [-0.3, -0.25) is 16.3 Å². The molecule has 2 heterocycles. The van der Waals surface area contributed by atoms with E-state index in [-0.39, 0.29) is 6.04 Å². The van der Waals surface area contributed by atoms with E-state index in [0.717, 1.165) is 18.4 Å². The molecule has 1 atom stereocenters. The van der Waals surface area contributed by atoms with Crippen LogP contribution in [-0.4, -0.2) is 4.98 Å². The van der Waals surface area contributed by atoms with Crippen LogP contribution in [0.25, 0.3) is 10.9 Å². The summed E-state index contributed by atoms with van der Waals surface area (Å²) in [6.07, 6.45) is 3.86. The second kappa shape index (κ2) is 6.13. The number of hydrazine groups is 1. The fourth-order valence-electron chi connectivity index (χ4n) is 2.49. The van der Waals surface area contributed by atoms with E-state index in [2.05, 4.69) is 40.1 Å². The Morgan fingerprint density at radius 1 is 1.15 bits per heavy atom. The van der Waals surface area contributed by atoms with E-state index in [9.17, 15) is 0 Å². The lowest BCUT2D eigenvalue weighted by Gasteiger charge is -2.17. The largest absolute Gasteiger partial charge is 0.271 e. The summed E-state index contributed by atoms with van der Waals surface area (Å²) in [7, 11) is 0. The number of pyridine rings is 1. The van der Waals surface area contributed by atoms with Gasteiger partial charge in [0, 0.05) is 22.5 Å². The molecule has 0 aliphatic carbocycles. The highest BCUT2D eigenvalue weighted by Crippen LogP contribution is 2.26. The highest BCUT2D eigenvalue weighted by Gasteiger charge is 2.13. The van der Waals surface area contributed by atoms with Gasteiger partial charge in [0.1, 0.15) is 0 Å². The van der Waals surface area contributed by atoms with Gasteiger partial charge in [-0.25, -0.2) is 0 Å². The zero-order chi connectivity index (χ0) is 13.8. The number of para-hydroxylation sites is 1. The molecule has 0 aliphatic heterocycles. The Bertz CT molecular complexity index is 674. The van der Waals surface area contributed by atoms with Crippen LogP contribution in [0.15, 0.2) is 54.0 Å². The van der Waals surface area contributed by atoms with Crippen LogP contribution in [0, 0.1) is 0 Å². The third-order valence-corrected chi connectivity index (χ3v) is 4.46. The molecule has 0 fully saturated rings. The van der Waals surface area contributed by atoms with Gasteiger partial charge in [-0.15, -0.1) is 11.3 Å². The summed E-state index contributed by atoms with van der Waals surface area (Å²) in [5.41, 5.74) is 5.18. The second-order valence-electron chi connectivity index (χ2n) is 4.75. The molecule has 0 aliphatic rings. The molecule has 3 rings (SSSR count). The fourth-order valence-corrected chi connectivity index (χ4v) is 3.22. The maximum atomic E-state index is 5.77. The Labute approximate surface area is 122 Å². The van der Waals surface area contributed by atoms with E-state index in [1.807, 2.05) is 24.4 Å². The monoisotopic (exact) mass is 283 g/mol. The van der Waals surface area contributed by atoms with Gasteiger partial charge >= 0.3 is 0 Å². The van der Waals surface area contributed by atoms with E-state index in [4.69, 9.17) is 5.84 Å². The van der Waals surface area contributed by atoms with Crippen molar-refractivity contribution >= 4 is 22.2 Å². The van der Waals surface area contributed by atoms with Crippen LogP contribution in [0.5, 0.6) is 0 Å². The number of fused-ring (bicyclic) bond motifs is 1.